The molecule has 6 nitrogen and oxygen atoms in total. The van der Waals surface area contributed by atoms with Crippen LogP contribution in [0.5, 0.6) is 0 Å². The lowest BCUT2D eigenvalue weighted by atomic mass is 10.0. The van der Waals surface area contributed by atoms with Gasteiger partial charge >= 0.3 is 0 Å². The predicted octanol–water partition coefficient (Wildman–Crippen LogP) is 4.78. The number of benzene rings is 2. The van der Waals surface area contributed by atoms with Crippen molar-refractivity contribution < 1.29 is 13.2 Å². The first-order chi connectivity index (χ1) is 15.2. The summed E-state index contributed by atoms with van der Waals surface area (Å²) < 4.78 is 29.7. The summed E-state index contributed by atoms with van der Waals surface area (Å²) >= 11 is 1.46. The van der Waals surface area contributed by atoms with E-state index < -0.39 is 15.9 Å². The molecule has 2 aromatic carbocycles. The van der Waals surface area contributed by atoms with E-state index >= 15 is 0 Å². The predicted molar refractivity (Wildman–Crippen MR) is 131 cm³/mol. The summed E-state index contributed by atoms with van der Waals surface area (Å²) in [5.74, 6) is -0.00672. The van der Waals surface area contributed by atoms with E-state index in [0.29, 0.717) is 35.9 Å². The Labute approximate surface area is 193 Å². The first-order valence-corrected chi connectivity index (χ1v) is 12.9. The molecule has 0 fully saturated rings. The van der Waals surface area contributed by atoms with E-state index in [4.69, 9.17) is 0 Å². The van der Waals surface area contributed by atoms with Gasteiger partial charge in [0.25, 0.3) is 5.91 Å². The molecule has 1 amide bonds. The maximum absolute atomic E-state index is 12.9. The lowest BCUT2D eigenvalue weighted by Crippen LogP contribution is -2.30. The molecule has 0 atom stereocenters. The quantitative estimate of drug-likeness (QED) is 0.444. The number of amides is 1. The van der Waals surface area contributed by atoms with Crippen LogP contribution >= 0.6 is 11.3 Å². The Morgan fingerprint density at radius 3 is 2.38 bits per heavy atom. The van der Waals surface area contributed by atoms with Crippen molar-refractivity contribution in [2.24, 2.45) is 4.99 Å². The summed E-state index contributed by atoms with van der Waals surface area (Å²) in [5.41, 5.74) is 2.58. The second kappa shape index (κ2) is 9.94. The molecule has 0 aliphatic heterocycles. The molecule has 0 saturated heterocycles. The molecule has 0 aliphatic carbocycles. The van der Waals surface area contributed by atoms with E-state index in [-0.39, 0.29) is 4.90 Å². The van der Waals surface area contributed by atoms with Gasteiger partial charge < -0.3 is 4.57 Å². The number of hydrogen-bond acceptors (Lipinski definition) is 4. The Hall–Kier alpha value is -2.55. The average Bonchev–Trinajstić information content (AvgIpc) is 3.11. The summed E-state index contributed by atoms with van der Waals surface area (Å²) in [5, 5.41) is 0. The molecule has 0 radical (unpaired) electrons. The summed E-state index contributed by atoms with van der Waals surface area (Å²) in [6.45, 7) is 13.0. The Morgan fingerprint density at radius 2 is 1.81 bits per heavy atom. The van der Waals surface area contributed by atoms with Crippen molar-refractivity contribution in [1.29, 1.82) is 0 Å². The maximum atomic E-state index is 12.9. The minimum absolute atomic E-state index is 0.169. The van der Waals surface area contributed by atoms with Crippen LogP contribution in [0.25, 0.3) is 10.2 Å². The second-order valence-corrected chi connectivity index (χ2v) is 10.6. The second-order valence-electron chi connectivity index (χ2n) is 7.70. The van der Waals surface area contributed by atoms with E-state index in [0.717, 1.165) is 10.2 Å². The van der Waals surface area contributed by atoms with Crippen LogP contribution in [0.3, 0.4) is 0 Å². The first kappa shape index (κ1) is 24.1. The van der Waals surface area contributed by atoms with Gasteiger partial charge in [-0.05, 0) is 47.9 Å². The third-order valence-corrected chi connectivity index (χ3v) is 8.43. The molecule has 1 heterocycles. The van der Waals surface area contributed by atoms with Gasteiger partial charge in [0.2, 0.25) is 10.0 Å². The fourth-order valence-corrected chi connectivity index (χ4v) is 6.02. The number of allylic oxidation sites excluding steroid dienone is 1. The number of carbonyl (C=O) groups excluding carboxylic acids is 1. The number of fused-ring (bicyclic) bond motifs is 1. The Balaban J connectivity index is 2.00. The van der Waals surface area contributed by atoms with Crippen LogP contribution in [0.1, 0.15) is 49.5 Å². The summed E-state index contributed by atoms with van der Waals surface area (Å²) in [6, 6.07) is 12.3. The number of hydrogen-bond donors (Lipinski definition) is 0. The van der Waals surface area contributed by atoms with Gasteiger partial charge in [-0.1, -0.05) is 51.2 Å². The molecule has 32 heavy (non-hydrogen) atoms. The lowest BCUT2D eigenvalue weighted by molar-refractivity contribution is 0.0997. The zero-order valence-electron chi connectivity index (χ0n) is 18.9. The number of nitrogens with zero attached hydrogens (tertiary/aromatic N) is 3. The van der Waals surface area contributed by atoms with E-state index in [1.165, 1.54) is 45.5 Å². The molecule has 3 rings (SSSR count). The fourth-order valence-electron chi connectivity index (χ4n) is 3.47. The van der Waals surface area contributed by atoms with Crippen molar-refractivity contribution in [3.8, 4) is 0 Å². The number of rotatable bonds is 8. The smallest absolute Gasteiger partial charge is 0.279 e. The molecule has 0 spiro atoms. The van der Waals surface area contributed by atoms with Gasteiger partial charge in [0.15, 0.2) is 4.80 Å². The fraction of sp³-hybridized carbons (Fsp3) is 0.333. The third-order valence-electron chi connectivity index (χ3n) is 5.33. The topological polar surface area (TPSA) is 71.7 Å². The molecule has 1 aromatic heterocycles. The van der Waals surface area contributed by atoms with Gasteiger partial charge in [-0.2, -0.15) is 9.30 Å². The van der Waals surface area contributed by atoms with Crippen LogP contribution in [0.15, 0.2) is 65.0 Å². The highest BCUT2D eigenvalue weighted by Gasteiger charge is 2.21. The molecule has 0 saturated carbocycles. The first-order valence-electron chi connectivity index (χ1n) is 10.7. The summed E-state index contributed by atoms with van der Waals surface area (Å²) in [6.07, 6.45) is 1.78. The van der Waals surface area contributed by atoms with Crippen molar-refractivity contribution in [2.75, 3.05) is 13.1 Å². The van der Waals surface area contributed by atoms with Crippen LogP contribution in [-0.4, -0.2) is 36.3 Å². The van der Waals surface area contributed by atoms with Crippen LogP contribution < -0.4 is 4.80 Å². The Morgan fingerprint density at radius 1 is 1.16 bits per heavy atom. The van der Waals surface area contributed by atoms with E-state index in [9.17, 15) is 13.2 Å². The van der Waals surface area contributed by atoms with E-state index in [2.05, 4.69) is 43.6 Å². The van der Waals surface area contributed by atoms with Crippen molar-refractivity contribution in [2.45, 2.75) is 45.1 Å². The molecule has 0 N–H and O–H groups in total. The molecule has 8 heteroatoms. The maximum Gasteiger partial charge on any atom is 0.279 e. The number of sulfonamides is 1. The Kier molecular flexibility index (Phi) is 7.48. The highest BCUT2D eigenvalue weighted by Crippen LogP contribution is 2.24. The van der Waals surface area contributed by atoms with Gasteiger partial charge in [0.05, 0.1) is 15.1 Å². The van der Waals surface area contributed by atoms with Gasteiger partial charge in [-0.15, -0.1) is 6.58 Å². The molecule has 0 bridgehead atoms. The summed E-state index contributed by atoms with van der Waals surface area (Å²) in [7, 11) is -3.57. The highest BCUT2D eigenvalue weighted by molar-refractivity contribution is 7.89. The third kappa shape index (κ3) is 4.77. The molecule has 0 unspecified atom stereocenters. The highest BCUT2D eigenvalue weighted by atomic mass is 32.2. The van der Waals surface area contributed by atoms with Gasteiger partial charge in [0, 0.05) is 25.2 Å². The molecule has 170 valence electrons. The zero-order chi connectivity index (χ0) is 23.5. The van der Waals surface area contributed by atoms with Crippen molar-refractivity contribution in [3.05, 3.63) is 71.0 Å². The zero-order valence-corrected chi connectivity index (χ0v) is 20.5. The molecular formula is C24H29N3O3S2. The monoisotopic (exact) mass is 471 g/mol. The largest absolute Gasteiger partial charge is 0.312 e. The van der Waals surface area contributed by atoms with E-state index in [1.807, 2.05) is 4.57 Å². The van der Waals surface area contributed by atoms with Crippen molar-refractivity contribution >= 4 is 37.5 Å². The van der Waals surface area contributed by atoms with Gasteiger partial charge in [-0.3, -0.25) is 4.79 Å². The lowest BCUT2D eigenvalue weighted by Gasteiger charge is -2.18. The molecule has 0 aliphatic rings. The summed E-state index contributed by atoms with van der Waals surface area (Å²) in [4.78, 5) is 18.0. The SMILES string of the molecule is C=CCn1c(=NC(=O)c2ccc(S(=O)(=O)N(CC)CC)cc2)sc2cc(C(C)C)ccc21. The number of carbonyl (C=O) groups is 1. The number of aromatic nitrogens is 1. The number of thiazole rings is 1. The molecule has 3 aromatic rings. The minimum atomic E-state index is -3.57. The van der Waals surface area contributed by atoms with Crippen LogP contribution in [0, 0.1) is 0 Å². The standard InChI is InChI=1S/C24H29N3O3S2/c1-6-15-27-21-14-11-19(17(4)5)16-22(21)31-24(27)25-23(28)18-9-12-20(13-10-18)32(29,30)26(7-2)8-3/h6,9-14,16-17H,1,7-8,15H2,2-5H3. The minimum Gasteiger partial charge on any atom is -0.312 e. The van der Waals surface area contributed by atoms with Crippen molar-refractivity contribution in [3.63, 3.8) is 0 Å². The Bertz CT molecular complexity index is 1300. The average molecular weight is 472 g/mol. The van der Waals surface area contributed by atoms with Gasteiger partial charge in [0.1, 0.15) is 0 Å². The van der Waals surface area contributed by atoms with Gasteiger partial charge in [-0.25, -0.2) is 8.42 Å². The van der Waals surface area contributed by atoms with E-state index in [1.54, 1.807) is 19.9 Å². The van der Waals surface area contributed by atoms with Crippen LogP contribution in [0.4, 0.5) is 0 Å². The van der Waals surface area contributed by atoms with Crippen LogP contribution in [0.2, 0.25) is 0 Å². The van der Waals surface area contributed by atoms with Crippen molar-refractivity contribution in [1.82, 2.24) is 8.87 Å². The molecular weight excluding hydrogens is 442 g/mol. The van der Waals surface area contributed by atoms with Crippen LogP contribution in [-0.2, 0) is 16.6 Å². The normalized spacial score (nSPS) is 12.8.